The topological polar surface area (TPSA) is 78.8 Å². The maximum absolute atomic E-state index is 11.7. The van der Waals surface area contributed by atoms with Crippen molar-refractivity contribution in [1.82, 2.24) is 14.9 Å². The average Bonchev–Trinajstić information content (AvgIpc) is 2.77. The zero-order chi connectivity index (χ0) is 23.8. The fourth-order valence-electron chi connectivity index (χ4n) is 5.75. The van der Waals surface area contributed by atoms with Crippen LogP contribution in [0.4, 0.5) is 5.95 Å². The molecule has 8 heteroatoms. The number of hydrogen-bond donors (Lipinski definition) is 1. The molecule has 2 aliphatic carbocycles. The monoisotopic (exact) mass is 474 g/mol. The van der Waals surface area contributed by atoms with Crippen LogP contribution in [-0.2, 0) is 9.53 Å². The minimum absolute atomic E-state index is 0.00758. The number of aliphatic hydroxyl groups is 1. The number of aromatic nitrogens is 2. The van der Waals surface area contributed by atoms with Gasteiger partial charge in [-0.1, -0.05) is 31.5 Å². The van der Waals surface area contributed by atoms with Crippen molar-refractivity contribution in [1.29, 1.82) is 0 Å². The predicted octanol–water partition coefficient (Wildman–Crippen LogP) is 3.25. The van der Waals surface area contributed by atoms with Crippen LogP contribution in [0, 0.1) is 30.1 Å². The molecule has 2 heterocycles. The van der Waals surface area contributed by atoms with Gasteiger partial charge in [0.2, 0.25) is 5.95 Å². The molecule has 0 bridgehead atoms. The number of piperazine rings is 1. The lowest BCUT2D eigenvalue weighted by molar-refractivity contribution is -0.148. The molecule has 7 nitrogen and oxygen atoms in total. The zero-order valence-corrected chi connectivity index (χ0v) is 20.8. The maximum atomic E-state index is 11.7. The summed E-state index contributed by atoms with van der Waals surface area (Å²) in [6.07, 6.45) is 10.2. The lowest BCUT2D eigenvalue weighted by Crippen LogP contribution is -2.57. The quantitative estimate of drug-likeness (QED) is 0.518. The molecule has 2 fully saturated rings. The molecule has 0 spiro atoms. The van der Waals surface area contributed by atoms with Crippen molar-refractivity contribution in [3.05, 3.63) is 35.5 Å². The second-order valence-electron chi connectivity index (χ2n) is 10.0. The number of hydrogen-bond acceptors (Lipinski definition) is 7. The van der Waals surface area contributed by atoms with E-state index in [2.05, 4.69) is 46.1 Å². The van der Waals surface area contributed by atoms with Crippen LogP contribution >= 0.6 is 11.6 Å². The van der Waals surface area contributed by atoms with Crippen LogP contribution in [-0.4, -0.2) is 70.4 Å². The van der Waals surface area contributed by atoms with Gasteiger partial charge in [0.1, 0.15) is 6.10 Å². The summed E-state index contributed by atoms with van der Waals surface area (Å²) in [5, 5.41) is 12.2. The van der Waals surface area contributed by atoms with Gasteiger partial charge in [0.05, 0.1) is 29.4 Å². The van der Waals surface area contributed by atoms with Crippen molar-refractivity contribution in [2.45, 2.75) is 52.2 Å². The van der Waals surface area contributed by atoms with E-state index in [0.717, 1.165) is 57.1 Å². The van der Waals surface area contributed by atoms with Crippen molar-refractivity contribution < 1.29 is 14.6 Å². The molecule has 33 heavy (non-hydrogen) atoms. The van der Waals surface area contributed by atoms with E-state index in [-0.39, 0.29) is 17.8 Å². The molecule has 180 valence electrons. The van der Waals surface area contributed by atoms with Crippen LogP contribution < -0.4 is 4.90 Å². The largest absolute Gasteiger partial charge is 0.457 e. The third kappa shape index (κ3) is 5.20. The molecule has 0 aromatic carbocycles. The first-order valence-electron chi connectivity index (χ1n) is 12.0. The summed E-state index contributed by atoms with van der Waals surface area (Å²) in [5.41, 5.74) is -0.107. The van der Waals surface area contributed by atoms with E-state index in [0.29, 0.717) is 16.9 Å². The van der Waals surface area contributed by atoms with E-state index >= 15 is 0 Å². The lowest BCUT2D eigenvalue weighted by atomic mass is 9.57. The van der Waals surface area contributed by atoms with E-state index in [1.807, 2.05) is 6.92 Å². The standard InChI is InChI=1S/C25H35ClN4O3/c1-16-11-22-21(6-5-18(3)25(22,32)12-23(16)33-19(4)31)17(2)15-29-7-9-30(10-8-29)24-27-13-20(26)14-28-24/h11,13-14,17-18,21-23,32H,5-10,15H2,1-4H3/t17-,18+,21-,22?,23+,25+/m0/s1. The van der Waals surface area contributed by atoms with Gasteiger partial charge in [-0.3, -0.25) is 9.69 Å². The highest BCUT2D eigenvalue weighted by Crippen LogP contribution is 2.50. The number of anilines is 1. The number of carbonyl (C=O) groups is 1. The number of carbonyl (C=O) groups excluding carboxylic acids is 1. The molecular weight excluding hydrogens is 440 g/mol. The Morgan fingerprint density at radius 2 is 1.97 bits per heavy atom. The van der Waals surface area contributed by atoms with Crippen LogP contribution in [0.3, 0.4) is 0 Å². The van der Waals surface area contributed by atoms with Crippen LogP contribution in [0.1, 0.15) is 40.5 Å². The minimum atomic E-state index is -1.07. The van der Waals surface area contributed by atoms with Gasteiger partial charge in [0.15, 0.2) is 0 Å². The van der Waals surface area contributed by atoms with E-state index in [4.69, 9.17) is 16.3 Å². The molecule has 3 aliphatic rings. The molecule has 1 saturated carbocycles. The SMILES string of the molecule is CC(=O)O[C@@H]1[C][C@]2(O)C(C=C1C)[C@H]([C@@H](C)CN1CCN(c3ncc(Cl)cn3)CC1)CC[C@H]2C. The molecule has 1 aliphatic heterocycles. The highest BCUT2D eigenvalue weighted by atomic mass is 35.5. The molecular formula is C25H35ClN4O3. The lowest BCUT2D eigenvalue weighted by Gasteiger charge is -2.53. The summed E-state index contributed by atoms with van der Waals surface area (Å²) in [6, 6.07) is 0. The number of ether oxygens (including phenoxy) is 1. The highest BCUT2D eigenvalue weighted by molar-refractivity contribution is 6.30. The fourth-order valence-corrected chi connectivity index (χ4v) is 5.85. The molecule has 1 aromatic rings. The third-order valence-corrected chi connectivity index (χ3v) is 7.89. The predicted molar refractivity (Wildman–Crippen MR) is 128 cm³/mol. The van der Waals surface area contributed by atoms with Gasteiger partial charge in [0.25, 0.3) is 0 Å². The van der Waals surface area contributed by atoms with Crippen LogP contribution in [0.15, 0.2) is 24.0 Å². The van der Waals surface area contributed by atoms with Crippen LogP contribution in [0.25, 0.3) is 0 Å². The minimum Gasteiger partial charge on any atom is -0.457 e. The van der Waals surface area contributed by atoms with Gasteiger partial charge >= 0.3 is 5.97 Å². The average molecular weight is 475 g/mol. The normalized spacial score (nSPS) is 33.8. The summed E-state index contributed by atoms with van der Waals surface area (Å²) in [6.45, 7) is 12.4. The van der Waals surface area contributed by atoms with Crippen molar-refractivity contribution in [3.8, 4) is 0 Å². The molecule has 0 amide bonds. The Bertz CT molecular complexity index is 871. The van der Waals surface area contributed by atoms with Crippen molar-refractivity contribution in [3.63, 3.8) is 0 Å². The number of rotatable bonds is 5. The molecule has 1 N–H and O–H groups in total. The highest BCUT2D eigenvalue weighted by Gasteiger charge is 2.53. The van der Waals surface area contributed by atoms with E-state index in [9.17, 15) is 9.90 Å². The number of esters is 1. The first kappa shape index (κ1) is 24.4. The second-order valence-corrected chi connectivity index (χ2v) is 10.4. The summed E-state index contributed by atoms with van der Waals surface area (Å²) < 4.78 is 5.43. The maximum Gasteiger partial charge on any atom is 0.303 e. The van der Waals surface area contributed by atoms with E-state index in [1.165, 1.54) is 6.92 Å². The Morgan fingerprint density at radius 3 is 2.61 bits per heavy atom. The Morgan fingerprint density at radius 1 is 1.30 bits per heavy atom. The number of fused-ring (bicyclic) bond motifs is 1. The Balaban J connectivity index is 1.40. The summed E-state index contributed by atoms with van der Waals surface area (Å²) in [7, 11) is 0. The summed E-state index contributed by atoms with van der Waals surface area (Å²) >= 11 is 5.91. The van der Waals surface area contributed by atoms with Crippen molar-refractivity contribution >= 4 is 23.5 Å². The van der Waals surface area contributed by atoms with Crippen LogP contribution in [0.5, 0.6) is 0 Å². The molecule has 6 atom stereocenters. The first-order valence-corrected chi connectivity index (χ1v) is 12.4. The summed E-state index contributed by atoms with van der Waals surface area (Å²) in [4.78, 5) is 24.9. The molecule has 4 rings (SSSR count). The Kier molecular flexibility index (Phi) is 7.32. The fraction of sp³-hybridized carbons (Fsp3) is 0.680. The summed E-state index contributed by atoms with van der Waals surface area (Å²) in [5.74, 6) is 1.23. The molecule has 1 saturated heterocycles. The van der Waals surface area contributed by atoms with Gasteiger partial charge in [-0.15, -0.1) is 0 Å². The Hall–Kier alpha value is -1.70. The van der Waals surface area contributed by atoms with Crippen molar-refractivity contribution in [2.24, 2.45) is 23.7 Å². The second kappa shape index (κ2) is 9.88. The van der Waals surface area contributed by atoms with E-state index < -0.39 is 11.7 Å². The van der Waals surface area contributed by atoms with Gasteiger partial charge in [-0.05, 0) is 43.1 Å². The number of nitrogens with zero attached hydrogens (tertiary/aromatic N) is 4. The van der Waals surface area contributed by atoms with Gasteiger partial charge < -0.3 is 14.7 Å². The smallest absolute Gasteiger partial charge is 0.303 e. The number of halogens is 1. The zero-order valence-electron chi connectivity index (χ0n) is 20.0. The van der Waals surface area contributed by atoms with Crippen molar-refractivity contribution in [2.75, 3.05) is 37.6 Å². The molecule has 1 unspecified atom stereocenters. The van der Waals surface area contributed by atoms with Gasteiger partial charge in [-0.2, -0.15) is 0 Å². The molecule has 2 radical (unpaired) electrons. The Labute approximate surface area is 202 Å². The van der Waals surface area contributed by atoms with Crippen LogP contribution in [0.2, 0.25) is 5.02 Å². The molecule has 1 aromatic heterocycles. The van der Waals surface area contributed by atoms with Gasteiger partial charge in [-0.25, -0.2) is 9.97 Å². The first-order chi connectivity index (χ1) is 15.7. The third-order valence-electron chi connectivity index (χ3n) is 7.69. The van der Waals surface area contributed by atoms with Gasteiger partial charge in [0, 0.05) is 45.6 Å². The van der Waals surface area contributed by atoms with E-state index in [1.54, 1.807) is 12.4 Å².